The van der Waals surface area contributed by atoms with Crippen molar-refractivity contribution in [2.45, 2.75) is 6.61 Å². The van der Waals surface area contributed by atoms with Gasteiger partial charge in [-0.2, -0.15) is 8.78 Å². The Balaban J connectivity index is 1.54. The maximum absolute atomic E-state index is 12.2. The van der Waals surface area contributed by atoms with Crippen molar-refractivity contribution in [3.8, 4) is 17.2 Å². The smallest absolute Gasteiger partial charge is 0.387 e. The number of esters is 1. The molecule has 0 aromatic heterocycles. The number of anilines is 1. The zero-order valence-corrected chi connectivity index (χ0v) is 15.0. The number of carbonyl (C=O) groups is 2. The van der Waals surface area contributed by atoms with Crippen LogP contribution in [-0.4, -0.2) is 38.3 Å². The van der Waals surface area contributed by atoms with Gasteiger partial charge in [0.05, 0.1) is 10.6 Å². The molecule has 1 amide bonds. The summed E-state index contributed by atoms with van der Waals surface area (Å²) in [6.45, 7) is -2.77. The lowest BCUT2D eigenvalue weighted by Gasteiger charge is -2.18. The van der Waals surface area contributed by atoms with Crippen LogP contribution < -0.4 is 19.5 Å². The molecule has 0 atom stereocenters. The van der Waals surface area contributed by atoms with E-state index < -0.39 is 25.1 Å². The van der Waals surface area contributed by atoms with Crippen LogP contribution in [0.15, 0.2) is 36.4 Å². The fourth-order valence-corrected chi connectivity index (χ4v) is 2.58. The fourth-order valence-electron chi connectivity index (χ4n) is 2.35. The van der Waals surface area contributed by atoms with Gasteiger partial charge in [0.25, 0.3) is 5.91 Å². The summed E-state index contributed by atoms with van der Waals surface area (Å²) < 4.78 is 44.3. The highest BCUT2D eigenvalue weighted by Crippen LogP contribution is 2.31. The Morgan fingerprint density at radius 1 is 1.11 bits per heavy atom. The van der Waals surface area contributed by atoms with Crippen LogP contribution in [0.3, 0.4) is 0 Å². The Labute approximate surface area is 163 Å². The van der Waals surface area contributed by atoms with E-state index in [1.807, 2.05) is 0 Å². The van der Waals surface area contributed by atoms with Gasteiger partial charge in [0, 0.05) is 5.69 Å². The first kappa shape index (κ1) is 19.7. The second-order valence-corrected chi connectivity index (χ2v) is 5.91. The van der Waals surface area contributed by atoms with Crippen molar-refractivity contribution < 1.29 is 37.3 Å². The molecule has 0 aliphatic carbocycles. The van der Waals surface area contributed by atoms with E-state index in [0.717, 1.165) is 0 Å². The zero-order valence-electron chi connectivity index (χ0n) is 14.2. The lowest BCUT2D eigenvalue weighted by Crippen LogP contribution is -2.21. The van der Waals surface area contributed by atoms with Crippen LogP contribution in [0.4, 0.5) is 14.5 Å². The van der Waals surface area contributed by atoms with Gasteiger partial charge in [0.1, 0.15) is 19.0 Å². The van der Waals surface area contributed by atoms with Crippen molar-refractivity contribution in [1.29, 1.82) is 0 Å². The molecule has 28 heavy (non-hydrogen) atoms. The van der Waals surface area contributed by atoms with Crippen molar-refractivity contribution in [1.82, 2.24) is 0 Å². The monoisotopic (exact) mass is 413 g/mol. The van der Waals surface area contributed by atoms with Crippen LogP contribution in [0.1, 0.15) is 10.4 Å². The maximum atomic E-state index is 12.2. The van der Waals surface area contributed by atoms with E-state index in [9.17, 15) is 18.4 Å². The number of hydrogen-bond acceptors (Lipinski definition) is 6. The molecule has 0 unspecified atom stereocenters. The third-order valence-corrected chi connectivity index (χ3v) is 3.84. The van der Waals surface area contributed by atoms with Gasteiger partial charge in [-0.1, -0.05) is 11.6 Å². The van der Waals surface area contributed by atoms with Gasteiger partial charge in [0.15, 0.2) is 18.1 Å². The number of benzene rings is 2. The van der Waals surface area contributed by atoms with E-state index in [2.05, 4.69) is 10.1 Å². The molecular weight excluding hydrogens is 400 g/mol. The quantitative estimate of drug-likeness (QED) is 0.730. The van der Waals surface area contributed by atoms with Gasteiger partial charge in [-0.05, 0) is 36.4 Å². The average molecular weight is 414 g/mol. The molecule has 0 radical (unpaired) electrons. The number of fused-ring (bicyclic) bond motifs is 1. The SMILES string of the molecule is O=C(COC(=O)c1ccc2c(c1)OCCO2)Nc1ccc(OC(F)F)c(Cl)c1. The molecule has 1 N–H and O–H groups in total. The van der Waals surface area contributed by atoms with Gasteiger partial charge in [-0.25, -0.2) is 4.79 Å². The third-order valence-electron chi connectivity index (χ3n) is 3.54. The third kappa shape index (κ3) is 5.01. The topological polar surface area (TPSA) is 83.1 Å². The molecule has 0 saturated heterocycles. The number of hydrogen-bond donors (Lipinski definition) is 1. The lowest BCUT2D eigenvalue weighted by molar-refractivity contribution is -0.119. The molecule has 3 rings (SSSR count). The molecule has 2 aromatic carbocycles. The van der Waals surface area contributed by atoms with E-state index in [1.165, 1.54) is 30.3 Å². The first-order chi connectivity index (χ1) is 13.4. The van der Waals surface area contributed by atoms with Crippen molar-refractivity contribution in [3.63, 3.8) is 0 Å². The number of nitrogens with one attached hydrogen (secondary N) is 1. The summed E-state index contributed by atoms with van der Waals surface area (Å²) in [6, 6.07) is 8.29. The molecule has 1 aliphatic heterocycles. The normalized spacial score (nSPS) is 12.4. The Bertz CT molecular complexity index is 892. The number of ether oxygens (including phenoxy) is 4. The predicted octanol–water partition coefficient (Wildman–Crippen LogP) is 3.51. The van der Waals surface area contributed by atoms with Crippen LogP contribution in [0.2, 0.25) is 5.02 Å². The standard InChI is InChI=1S/C18H14ClF2NO6/c19-12-8-11(2-4-13(12)28-18(20)21)22-16(23)9-27-17(24)10-1-3-14-15(7-10)26-6-5-25-14/h1-4,7-8,18H,5-6,9H2,(H,22,23). The Kier molecular flexibility index (Phi) is 6.15. The zero-order chi connectivity index (χ0) is 20.1. The summed E-state index contributed by atoms with van der Waals surface area (Å²) in [6.07, 6.45) is 0. The Hall–Kier alpha value is -3.07. The minimum Gasteiger partial charge on any atom is -0.486 e. The number of carbonyl (C=O) groups excluding carboxylic acids is 2. The summed E-state index contributed by atoms with van der Waals surface area (Å²) in [5, 5.41) is 2.33. The summed E-state index contributed by atoms with van der Waals surface area (Å²) in [5.41, 5.74) is 0.431. The average Bonchev–Trinajstić information content (AvgIpc) is 2.67. The van der Waals surface area contributed by atoms with Gasteiger partial charge in [-0.3, -0.25) is 4.79 Å². The van der Waals surface area contributed by atoms with Gasteiger partial charge < -0.3 is 24.3 Å². The minimum absolute atomic E-state index is 0.105. The van der Waals surface area contributed by atoms with Crippen LogP contribution in [-0.2, 0) is 9.53 Å². The second kappa shape index (κ2) is 8.75. The summed E-state index contributed by atoms with van der Waals surface area (Å²) >= 11 is 5.81. The van der Waals surface area contributed by atoms with Gasteiger partial charge in [-0.15, -0.1) is 0 Å². The molecule has 2 aromatic rings. The largest absolute Gasteiger partial charge is 0.486 e. The van der Waals surface area contributed by atoms with Crippen LogP contribution in [0.25, 0.3) is 0 Å². The Morgan fingerprint density at radius 3 is 2.57 bits per heavy atom. The summed E-state index contributed by atoms with van der Waals surface area (Å²) in [5.74, 6) is -0.627. The molecule has 0 bridgehead atoms. The highest BCUT2D eigenvalue weighted by Gasteiger charge is 2.17. The highest BCUT2D eigenvalue weighted by atomic mass is 35.5. The fraction of sp³-hybridized carbons (Fsp3) is 0.222. The molecule has 7 nitrogen and oxygen atoms in total. The van der Waals surface area contributed by atoms with Gasteiger partial charge >= 0.3 is 12.6 Å². The molecule has 0 spiro atoms. The second-order valence-electron chi connectivity index (χ2n) is 5.51. The molecule has 1 heterocycles. The van der Waals surface area contributed by atoms with Crippen molar-refractivity contribution in [2.75, 3.05) is 25.1 Å². The van der Waals surface area contributed by atoms with E-state index >= 15 is 0 Å². The molecule has 10 heteroatoms. The number of halogens is 3. The number of alkyl halides is 2. The first-order valence-electron chi connectivity index (χ1n) is 8.03. The Morgan fingerprint density at radius 2 is 1.86 bits per heavy atom. The van der Waals surface area contributed by atoms with E-state index in [0.29, 0.717) is 24.7 Å². The van der Waals surface area contributed by atoms with E-state index in [4.69, 9.17) is 25.8 Å². The highest BCUT2D eigenvalue weighted by molar-refractivity contribution is 6.32. The van der Waals surface area contributed by atoms with Crippen molar-refractivity contribution in [3.05, 3.63) is 47.0 Å². The van der Waals surface area contributed by atoms with Crippen molar-refractivity contribution in [2.24, 2.45) is 0 Å². The molecule has 148 valence electrons. The van der Waals surface area contributed by atoms with Gasteiger partial charge in [0.2, 0.25) is 0 Å². The molecule has 1 aliphatic rings. The molecule has 0 saturated carbocycles. The number of rotatable bonds is 6. The number of amides is 1. The molecule has 0 fully saturated rings. The predicted molar refractivity (Wildman–Crippen MR) is 94.4 cm³/mol. The van der Waals surface area contributed by atoms with Crippen molar-refractivity contribution >= 4 is 29.2 Å². The van der Waals surface area contributed by atoms with E-state index in [-0.39, 0.29) is 22.0 Å². The van der Waals surface area contributed by atoms with Crippen LogP contribution in [0.5, 0.6) is 17.2 Å². The lowest BCUT2D eigenvalue weighted by atomic mass is 10.2. The summed E-state index contributed by atoms with van der Waals surface area (Å²) in [7, 11) is 0. The molecular formula is C18H14ClF2NO6. The first-order valence-corrected chi connectivity index (χ1v) is 8.41. The minimum atomic E-state index is -3.02. The summed E-state index contributed by atoms with van der Waals surface area (Å²) in [4.78, 5) is 24.0. The van der Waals surface area contributed by atoms with Crippen LogP contribution >= 0.6 is 11.6 Å². The maximum Gasteiger partial charge on any atom is 0.387 e. The van der Waals surface area contributed by atoms with E-state index in [1.54, 1.807) is 6.07 Å². The van der Waals surface area contributed by atoms with Crippen LogP contribution in [0, 0.1) is 0 Å².